The van der Waals surface area contributed by atoms with Gasteiger partial charge >= 0.3 is 0 Å². The highest BCUT2D eigenvalue weighted by molar-refractivity contribution is 5.83. The lowest BCUT2D eigenvalue weighted by molar-refractivity contribution is 0.217. The highest BCUT2D eigenvalue weighted by Gasteiger charge is 2.14. The molecule has 1 fully saturated rings. The summed E-state index contributed by atoms with van der Waals surface area (Å²) in [4.78, 5) is 0. The van der Waals surface area contributed by atoms with Gasteiger partial charge in [-0.15, -0.1) is 0 Å². The Bertz CT molecular complexity index is 488. The van der Waals surface area contributed by atoms with E-state index >= 15 is 0 Å². The number of fused-ring (bicyclic) bond motifs is 1. The minimum absolute atomic E-state index is 0.675. The van der Waals surface area contributed by atoms with Gasteiger partial charge in [0.2, 0.25) is 0 Å². The summed E-state index contributed by atoms with van der Waals surface area (Å²) in [5.41, 5.74) is 1.00. The molecular weight excluding hydrogens is 214 g/mol. The van der Waals surface area contributed by atoms with Gasteiger partial charge < -0.3 is 10.1 Å². The van der Waals surface area contributed by atoms with Gasteiger partial charge in [-0.05, 0) is 37.9 Å². The molecule has 1 saturated heterocycles. The van der Waals surface area contributed by atoms with Crippen LogP contribution in [0.4, 0.5) is 0 Å². The van der Waals surface area contributed by atoms with Crippen LogP contribution in [-0.4, -0.2) is 29.9 Å². The molecule has 90 valence electrons. The third kappa shape index (κ3) is 2.26. The summed E-state index contributed by atoms with van der Waals surface area (Å²) in [6.07, 6.45) is 4.24. The lowest BCUT2D eigenvalue weighted by Crippen LogP contribution is -2.30. The van der Waals surface area contributed by atoms with Gasteiger partial charge in [-0.3, -0.25) is 5.10 Å². The Morgan fingerprint density at radius 2 is 2.18 bits per heavy atom. The topological polar surface area (TPSA) is 49.9 Å². The smallest absolute Gasteiger partial charge is 0.144 e. The van der Waals surface area contributed by atoms with E-state index in [4.69, 9.17) is 4.74 Å². The van der Waals surface area contributed by atoms with Gasteiger partial charge in [0.05, 0.1) is 12.8 Å². The highest BCUT2D eigenvalue weighted by Crippen LogP contribution is 2.24. The summed E-state index contributed by atoms with van der Waals surface area (Å²) >= 11 is 0. The Morgan fingerprint density at radius 3 is 3.06 bits per heavy atom. The van der Waals surface area contributed by atoms with Crippen LogP contribution in [0, 0.1) is 5.92 Å². The van der Waals surface area contributed by atoms with Gasteiger partial charge in [0.15, 0.2) is 0 Å². The van der Waals surface area contributed by atoms with Crippen molar-refractivity contribution in [3.63, 3.8) is 0 Å². The average molecular weight is 231 g/mol. The Morgan fingerprint density at radius 1 is 1.29 bits per heavy atom. The molecule has 2 heterocycles. The maximum Gasteiger partial charge on any atom is 0.144 e. The molecule has 0 saturated carbocycles. The first-order chi connectivity index (χ1) is 8.43. The molecule has 0 aliphatic carbocycles. The van der Waals surface area contributed by atoms with Crippen molar-refractivity contribution in [3.05, 3.63) is 24.4 Å². The van der Waals surface area contributed by atoms with Crippen molar-refractivity contribution >= 4 is 10.9 Å². The zero-order valence-corrected chi connectivity index (χ0v) is 9.78. The monoisotopic (exact) mass is 231 g/mol. The third-order valence-corrected chi connectivity index (χ3v) is 3.37. The van der Waals surface area contributed by atoms with Crippen molar-refractivity contribution in [2.24, 2.45) is 5.92 Å². The Kier molecular flexibility index (Phi) is 2.96. The summed E-state index contributed by atoms with van der Waals surface area (Å²) < 4.78 is 5.92. The Balaban J connectivity index is 1.69. The summed E-state index contributed by atoms with van der Waals surface area (Å²) in [6, 6.07) is 6.05. The summed E-state index contributed by atoms with van der Waals surface area (Å²) in [5, 5.41) is 11.5. The van der Waals surface area contributed by atoms with E-state index in [0.29, 0.717) is 5.92 Å². The lowest BCUT2D eigenvalue weighted by atomic mass is 9.99. The number of rotatable bonds is 3. The molecule has 1 aromatic carbocycles. The zero-order valence-electron chi connectivity index (χ0n) is 9.78. The van der Waals surface area contributed by atoms with Gasteiger partial charge in [0.1, 0.15) is 11.3 Å². The van der Waals surface area contributed by atoms with Gasteiger partial charge in [0, 0.05) is 5.39 Å². The van der Waals surface area contributed by atoms with Crippen LogP contribution in [0.5, 0.6) is 5.75 Å². The number of nitrogens with one attached hydrogen (secondary N) is 2. The van der Waals surface area contributed by atoms with Crippen LogP contribution in [0.2, 0.25) is 0 Å². The Labute approximate surface area is 100 Å². The van der Waals surface area contributed by atoms with Crippen molar-refractivity contribution < 1.29 is 4.74 Å². The van der Waals surface area contributed by atoms with E-state index in [-0.39, 0.29) is 0 Å². The number of hydrogen-bond acceptors (Lipinski definition) is 3. The van der Waals surface area contributed by atoms with Crippen LogP contribution in [0.1, 0.15) is 12.8 Å². The maximum atomic E-state index is 5.92. The van der Waals surface area contributed by atoms with Gasteiger partial charge in [-0.2, -0.15) is 5.10 Å². The van der Waals surface area contributed by atoms with Crippen molar-refractivity contribution in [2.45, 2.75) is 12.8 Å². The quantitative estimate of drug-likeness (QED) is 0.848. The number of piperidine rings is 1. The minimum Gasteiger partial charge on any atom is -0.491 e. The number of aromatic nitrogens is 2. The molecule has 0 spiro atoms. The van der Waals surface area contributed by atoms with Crippen molar-refractivity contribution in [2.75, 3.05) is 19.7 Å². The molecule has 0 atom stereocenters. The summed E-state index contributed by atoms with van der Waals surface area (Å²) in [6.45, 7) is 3.03. The van der Waals surface area contributed by atoms with Gasteiger partial charge in [-0.1, -0.05) is 12.1 Å². The maximum absolute atomic E-state index is 5.92. The van der Waals surface area contributed by atoms with Crippen molar-refractivity contribution in [3.8, 4) is 5.75 Å². The minimum atomic E-state index is 0.675. The van der Waals surface area contributed by atoms with Crippen LogP contribution < -0.4 is 10.1 Å². The molecule has 0 unspecified atom stereocenters. The van der Waals surface area contributed by atoms with Gasteiger partial charge in [-0.25, -0.2) is 0 Å². The number of H-pyrrole nitrogens is 1. The second kappa shape index (κ2) is 4.75. The van der Waals surface area contributed by atoms with Crippen molar-refractivity contribution in [1.29, 1.82) is 0 Å². The fraction of sp³-hybridized carbons (Fsp3) is 0.462. The first kappa shape index (κ1) is 10.6. The third-order valence-electron chi connectivity index (χ3n) is 3.37. The fourth-order valence-electron chi connectivity index (χ4n) is 2.32. The second-order valence-corrected chi connectivity index (χ2v) is 4.59. The fourth-order valence-corrected chi connectivity index (χ4v) is 2.32. The molecule has 1 aromatic heterocycles. The largest absolute Gasteiger partial charge is 0.491 e. The zero-order chi connectivity index (χ0) is 11.5. The van der Waals surface area contributed by atoms with E-state index in [9.17, 15) is 0 Å². The second-order valence-electron chi connectivity index (χ2n) is 4.59. The van der Waals surface area contributed by atoms with Crippen LogP contribution in [0.3, 0.4) is 0 Å². The van der Waals surface area contributed by atoms with Crippen LogP contribution >= 0.6 is 0 Å². The highest BCUT2D eigenvalue weighted by atomic mass is 16.5. The molecule has 3 rings (SSSR count). The van der Waals surface area contributed by atoms with Crippen LogP contribution in [0.25, 0.3) is 10.9 Å². The number of para-hydroxylation sites is 1. The molecule has 2 aromatic rings. The number of hydrogen-bond donors (Lipinski definition) is 2. The molecule has 2 N–H and O–H groups in total. The predicted octanol–water partition coefficient (Wildman–Crippen LogP) is 1.94. The summed E-state index contributed by atoms with van der Waals surface area (Å²) in [5.74, 6) is 1.59. The van der Waals surface area contributed by atoms with E-state index < -0.39 is 0 Å². The van der Waals surface area contributed by atoms with E-state index in [0.717, 1.165) is 36.3 Å². The van der Waals surface area contributed by atoms with Crippen LogP contribution in [0.15, 0.2) is 24.4 Å². The number of ether oxygens (including phenoxy) is 1. The first-order valence-corrected chi connectivity index (χ1v) is 6.19. The van der Waals surface area contributed by atoms with E-state index in [2.05, 4.69) is 15.5 Å². The summed E-state index contributed by atoms with van der Waals surface area (Å²) in [7, 11) is 0. The number of aromatic amines is 1. The first-order valence-electron chi connectivity index (χ1n) is 6.19. The van der Waals surface area contributed by atoms with E-state index in [1.807, 2.05) is 24.4 Å². The van der Waals surface area contributed by atoms with Crippen molar-refractivity contribution in [1.82, 2.24) is 15.5 Å². The molecule has 0 bridgehead atoms. The molecular formula is C13H17N3O. The van der Waals surface area contributed by atoms with E-state index in [1.54, 1.807) is 0 Å². The number of nitrogens with zero attached hydrogens (tertiary/aromatic N) is 1. The normalized spacial score (nSPS) is 17.4. The molecule has 0 amide bonds. The van der Waals surface area contributed by atoms with E-state index in [1.165, 1.54) is 12.8 Å². The molecule has 0 radical (unpaired) electrons. The molecule has 4 heteroatoms. The molecule has 1 aliphatic rings. The molecule has 17 heavy (non-hydrogen) atoms. The molecule has 4 nitrogen and oxygen atoms in total. The Hall–Kier alpha value is -1.55. The van der Waals surface area contributed by atoms with Gasteiger partial charge in [0.25, 0.3) is 0 Å². The SMILES string of the molecule is c1cc(OCC2CCNCC2)c2[nH]ncc2c1. The standard InChI is InChI=1S/C13H17N3O/c1-2-11-8-15-16-13(11)12(3-1)17-9-10-4-6-14-7-5-10/h1-3,8,10,14H,4-7,9H2,(H,15,16). The molecule has 1 aliphatic heterocycles. The lowest BCUT2D eigenvalue weighted by Gasteiger charge is -2.22. The average Bonchev–Trinajstić information content (AvgIpc) is 2.86. The van der Waals surface area contributed by atoms with Crippen LogP contribution in [-0.2, 0) is 0 Å². The predicted molar refractivity (Wildman–Crippen MR) is 67.2 cm³/mol. The number of benzene rings is 1.